The molecule has 3 rings (SSSR count). The summed E-state index contributed by atoms with van der Waals surface area (Å²) < 4.78 is 4.15. The highest BCUT2D eigenvalue weighted by Gasteiger charge is 2.18. The first-order valence-electron chi connectivity index (χ1n) is 8.23. The Hall–Kier alpha value is -2.57. The van der Waals surface area contributed by atoms with Gasteiger partial charge in [0.25, 0.3) is 12.2 Å². The maximum atomic E-state index is 11.0. The van der Waals surface area contributed by atoms with E-state index in [9.17, 15) is 14.9 Å². The van der Waals surface area contributed by atoms with Gasteiger partial charge in [-0.25, -0.2) is 0 Å². The van der Waals surface area contributed by atoms with Crippen LogP contribution >= 0.6 is 0 Å². The standard InChI is InChI=1S/C14H17N3O2.C3H6O2/c18-17(19)13-7-6-12(11-8-9-15-14(11)13)16-10-4-2-1-3-5-10;1-2-5-3-4/h6-10,15-16H,1-5H2;3H,2H2,1H3. The van der Waals surface area contributed by atoms with Crippen LogP contribution in [0.15, 0.2) is 24.4 Å². The van der Waals surface area contributed by atoms with Crippen LogP contribution in [0.5, 0.6) is 0 Å². The van der Waals surface area contributed by atoms with Crippen LogP contribution in [0.1, 0.15) is 39.0 Å². The van der Waals surface area contributed by atoms with Crippen LogP contribution < -0.4 is 5.32 Å². The largest absolute Gasteiger partial charge is 0.468 e. The Morgan fingerprint density at radius 1 is 1.33 bits per heavy atom. The zero-order valence-corrected chi connectivity index (χ0v) is 13.8. The van der Waals surface area contributed by atoms with E-state index in [1.165, 1.54) is 32.1 Å². The number of nitro benzene ring substituents is 1. The molecule has 130 valence electrons. The van der Waals surface area contributed by atoms with Gasteiger partial charge in [-0.3, -0.25) is 14.9 Å². The van der Waals surface area contributed by atoms with E-state index in [0.29, 0.717) is 24.6 Å². The molecule has 1 aromatic heterocycles. The SMILES string of the molecule is CCOC=O.O=[N+]([O-])c1ccc(NC2CCCCC2)c2cc[nH]c12. The number of nitrogens with zero attached hydrogens (tertiary/aromatic N) is 1. The molecule has 0 saturated heterocycles. The lowest BCUT2D eigenvalue weighted by molar-refractivity contribution is -0.383. The minimum Gasteiger partial charge on any atom is -0.468 e. The Morgan fingerprint density at radius 3 is 2.67 bits per heavy atom. The fraction of sp³-hybridized carbons (Fsp3) is 0.471. The number of fused-ring (bicyclic) bond motifs is 1. The number of non-ortho nitro benzene ring substituents is 1. The molecule has 0 spiro atoms. The van der Waals surface area contributed by atoms with Crippen molar-refractivity contribution in [3.63, 3.8) is 0 Å². The Morgan fingerprint density at radius 2 is 2.08 bits per heavy atom. The van der Waals surface area contributed by atoms with Crippen molar-refractivity contribution in [2.75, 3.05) is 11.9 Å². The lowest BCUT2D eigenvalue weighted by atomic mass is 9.95. The number of aromatic nitrogens is 1. The van der Waals surface area contributed by atoms with Crippen LogP contribution in [0, 0.1) is 10.1 Å². The van der Waals surface area contributed by atoms with E-state index in [0.717, 1.165) is 11.1 Å². The predicted octanol–water partition coefficient (Wildman–Crippen LogP) is 4.00. The molecule has 0 atom stereocenters. The van der Waals surface area contributed by atoms with Crippen LogP contribution in [-0.2, 0) is 9.53 Å². The Kier molecular flexibility index (Phi) is 6.60. The van der Waals surface area contributed by atoms with Gasteiger partial charge in [0.05, 0.1) is 11.5 Å². The van der Waals surface area contributed by atoms with Crippen molar-refractivity contribution in [2.24, 2.45) is 0 Å². The number of benzene rings is 1. The van der Waals surface area contributed by atoms with Crippen LogP contribution in [-0.4, -0.2) is 29.0 Å². The van der Waals surface area contributed by atoms with Crippen LogP contribution in [0.3, 0.4) is 0 Å². The summed E-state index contributed by atoms with van der Waals surface area (Å²) in [6.07, 6.45) is 7.97. The van der Waals surface area contributed by atoms with E-state index in [1.807, 2.05) is 12.1 Å². The van der Waals surface area contributed by atoms with E-state index in [-0.39, 0.29) is 10.6 Å². The van der Waals surface area contributed by atoms with Crippen molar-refractivity contribution in [3.8, 4) is 0 Å². The summed E-state index contributed by atoms with van der Waals surface area (Å²) in [7, 11) is 0. The molecule has 0 aliphatic heterocycles. The van der Waals surface area contributed by atoms with Crippen molar-refractivity contribution >= 4 is 28.7 Å². The maximum absolute atomic E-state index is 11.0. The van der Waals surface area contributed by atoms with Crippen molar-refractivity contribution in [3.05, 3.63) is 34.5 Å². The van der Waals surface area contributed by atoms with Crippen molar-refractivity contribution in [1.29, 1.82) is 0 Å². The number of hydrogen-bond donors (Lipinski definition) is 2. The summed E-state index contributed by atoms with van der Waals surface area (Å²) >= 11 is 0. The molecule has 2 aromatic rings. The number of nitrogens with one attached hydrogen (secondary N) is 2. The number of nitro groups is 1. The Labute approximate surface area is 140 Å². The Bertz CT molecular complexity index is 678. The number of carbonyl (C=O) groups is 1. The second-order valence-electron chi connectivity index (χ2n) is 5.69. The molecule has 1 saturated carbocycles. The fourth-order valence-corrected chi connectivity index (χ4v) is 2.95. The normalized spacial score (nSPS) is 14.5. The highest BCUT2D eigenvalue weighted by atomic mass is 16.6. The molecule has 0 radical (unpaired) electrons. The second-order valence-corrected chi connectivity index (χ2v) is 5.69. The first kappa shape index (κ1) is 17.8. The highest BCUT2D eigenvalue weighted by Crippen LogP contribution is 2.32. The molecule has 2 N–H and O–H groups in total. The average molecular weight is 333 g/mol. The molecule has 7 heteroatoms. The van der Waals surface area contributed by atoms with E-state index in [4.69, 9.17) is 0 Å². The van der Waals surface area contributed by atoms with Gasteiger partial charge >= 0.3 is 0 Å². The fourth-order valence-electron chi connectivity index (χ4n) is 2.95. The number of anilines is 1. The summed E-state index contributed by atoms with van der Waals surface area (Å²) in [5.74, 6) is 0. The molecular weight excluding hydrogens is 310 g/mol. The molecule has 1 aliphatic carbocycles. The quantitative estimate of drug-likeness (QED) is 0.489. The van der Waals surface area contributed by atoms with E-state index >= 15 is 0 Å². The summed E-state index contributed by atoms with van der Waals surface area (Å²) in [5, 5.41) is 15.4. The third-order valence-electron chi connectivity index (χ3n) is 4.10. The van der Waals surface area contributed by atoms with Gasteiger partial charge in [0, 0.05) is 29.4 Å². The summed E-state index contributed by atoms with van der Waals surface area (Å²) in [5.41, 5.74) is 1.73. The lowest BCUT2D eigenvalue weighted by Crippen LogP contribution is -2.22. The van der Waals surface area contributed by atoms with E-state index < -0.39 is 0 Å². The van der Waals surface area contributed by atoms with Gasteiger partial charge in [-0.2, -0.15) is 0 Å². The van der Waals surface area contributed by atoms with Gasteiger partial charge in [0.15, 0.2) is 0 Å². The number of hydrogen-bond acceptors (Lipinski definition) is 5. The molecule has 24 heavy (non-hydrogen) atoms. The molecule has 0 amide bonds. The number of ether oxygens (including phenoxy) is 1. The highest BCUT2D eigenvalue weighted by molar-refractivity contribution is 5.97. The van der Waals surface area contributed by atoms with Gasteiger partial charge in [-0.15, -0.1) is 0 Å². The first-order valence-corrected chi connectivity index (χ1v) is 8.23. The molecule has 0 unspecified atom stereocenters. The Balaban J connectivity index is 0.000000368. The third-order valence-corrected chi connectivity index (χ3v) is 4.10. The molecule has 0 bridgehead atoms. The van der Waals surface area contributed by atoms with Gasteiger partial charge in [0.1, 0.15) is 5.52 Å². The molecular formula is C17H23N3O4. The van der Waals surface area contributed by atoms with Crippen LogP contribution in [0.25, 0.3) is 10.9 Å². The topological polar surface area (TPSA) is 97.3 Å². The van der Waals surface area contributed by atoms with Crippen molar-refractivity contribution in [1.82, 2.24) is 4.98 Å². The number of aromatic amines is 1. The molecule has 1 heterocycles. The molecule has 1 aromatic carbocycles. The van der Waals surface area contributed by atoms with Gasteiger partial charge < -0.3 is 15.0 Å². The van der Waals surface area contributed by atoms with E-state index in [2.05, 4.69) is 15.0 Å². The first-order chi connectivity index (χ1) is 11.7. The lowest BCUT2D eigenvalue weighted by Gasteiger charge is -2.24. The number of H-pyrrole nitrogens is 1. The van der Waals surface area contributed by atoms with Crippen LogP contribution in [0.4, 0.5) is 11.4 Å². The molecule has 1 fully saturated rings. The summed E-state index contributed by atoms with van der Waals surface area (Å²) in [6, 6.07) is 5.79. The summed E-state index contributed by atoms with van der Waals surface area (Å²) in [4.78, 5) is 22.8. The second kappa shape index (κ2) is 8.90. The predicted molar refractivity (Wildman–Crippen MR) is 93.1 cm³/mol. The van der Waals surface area contributed by atoms with Gasteiger partial charge in [-0.1, -0.05) is 19.3 Å². The van der Waals surface area contributed by atoms with Crippen molar-refractivity contribution in [2.45, 2.75) is 45.1 Å². The average Bonchev–Trinajstić information content (AvgIpc) is 3.07. The van der Waals surface area contributed by atoms with Crippen molar-refractivity contribution < 1.29 is 14.5 Å². The third kappa shape index (κ3) is 4.47. The molecule has 7 nitrogen and oxygen atoms in total. The number of carbonyl (C=O) groups excluding carboxylic acids is 1. The maximum Gasteiger partial charge on any atom is 0.293 e. The van der Waals surface area contributed by atoms with Crippen LogP contribution in [0.2, 0.25) is 0 Å². The summed E-state index contributed by atoms with van der Waals surface area (Å²) in [6.45, 7) is 2.66. The number of rotatable bonds is 5. The monoisotopic (exact) mass is 333 g/mol. The molecule has 1 aliphatic rings. The van der Waals surface area contributed by atoms with E-state index in [1.54, 1.807) is 19.2 Å². The van der Waals surface area contributed by atoms with Gasteiger partial charge in [0.2, 0.25) is 0 Å². The van der Waals surface area contributed by atoms with Gasteiger partial charge in [-0.05, 0) is 31.9 Å². The zero-order valence-electron chi connectivity index (χ0n) is 13.8. The smallest absolute Gasteiger partial charge is 0.293 e. The minimum atomic E-state index is -0.344. The zero-order chi connectivity index (χ0) is 17.4. The minimum absolute atomic E-state index is 0.134.